The lowest BCUT2D eigenvalue weighted by molar-refractivity contribution is 0.690. The molecule has 10 heavy (non-hydrogen) atoms. The molecule has 0 heterocycles. The highest BCUT2D eigenvalue weighted by molar-refractivity contribution is 4.94. The highest BCUT2D eigenvalue weighted by Gasteiger charge is 1.80. The first-order valence-electron chi connectivity index (χ1n) is 4.12. The molecule has 0 fully saturated rings. The quantitative estimate of drug-likeness (QED) is 0.357. The minimum absolute atomic E-state index is 0.945. The third-order valence-electron chi connectivity index (χ3n) is 1.26. The van der Waals surface area contributed by atoms with E-state index >= 15 is 0 Å². The molecule has 0 unspecified atom stereocenters. The van der Waals surface area contributed by atoms with E-state index in [0.717, 1.165) is 13.0 Å². The summed E-state index contributed by atoms with van der Waals surface area (Å²) in [5.74, 6) is 2.96. The van der Waals surface area contributed by atoms with Crippen molar-refractivity contribution in [3.63, 3.8) is 0 Å². The van der Waals surface area contributed by atoms with Crippen LogP contribution < -0.4 is 5.32 Å². The van der Waals surface area contributed by atoms with Crippen molar-refractivity contribution in [1.82, 2.24) is 5.32 Å². The molecule has 0 saturated carbocycles. The van der Waals surface area contributed by atoms with Gasteiger partial charge in [-0.15, -0.1) is 0 Å². The zero-order chi connectivity index (χ0) is 7.66. The van der Waals surface area contributed by atoms with E-state index in [2.05, 4.69) is 31.1 Å². The van der Waals surface area contributed by atoms with Crippen molar-refractivity contribution >= 4 is 0 Å². The SMILES string of the molecule is CCC#CNCCCCC. The molecule has 0 spiro atoms. The number of hydrogen-bond acceptors (Lipinski definition) is 1. The Bertz CT molecular complexity index is 108. The minimum Gasteiger partial charge on any atom is -0.346 e. The molecule has 0 aromatic heterocycles. The normalized spacial score (nSPS) is 8.20. The molecule has 0 radical (unpaired) electrons. The van der Waals surface area contributed by atoms with Gasteiger partial charge in [0.1, 0.15) is 0 Å². The fourth-order valence-corrected chi connectivity index (χ4v) is 0.677. The predicted molar refractivity (Wildman–Crippen MR) is 45.6 cm³/mol. The van der Waals surface area contributed by atoms with Crippen molar-refractivity contribution in [3.05, 3.63) is 0 Å². The van der Waals surface area contributed by atoms with Crippen LogP contribution in [-0.2, 0) is 0 Å². The van der Waals surface area contributed by atoms with Gasteiger partial charge in [0, 0.05) is 19.0 Å². The van der Waals surface area contributed by atoms with Crippen LogP contribution in [0.15, 0.2) is 0 Å². The van der Waals surface area contributed by atoms with Crippen LogP contribution in [0.4, 0.5) is 0 Å². The molecule has 1 nitrogen and oxygen atoms in total. The second-order valence-electron chi connectivity index (χ2n) is 2.29. The van der Waals surface area contributed by atoms with Crippen molar-refractivity contribution in [1.29, 1.82) is 0 Å². The molecular weight excluding hydrogens is 122 g/mol. The van der Waals surface area contributed by atoms with E-state index in [4.69, 9.17) is 0 Å². The van der Waals surface area contributed by atoms with Gasteiger partial charge in [-0.3, -0.25) is 0 Å². The van der Waals surface area contributed by atoms with Gasteiger partial charge < -0.3 is 5.32 Å². The van der Waals surface area contributed by atoms with Crippen LogP contribution in [0.25, 0.3) is 0 Å². The van der Waals surface area contributed by atoms with Gasteiger partial charge in [-0.1, -0.05) is 32.6 Å². The van der Waals surface area contributed by atoms with Crippen LogP contribution in [0.2, 0.25) is 0 Å². The van der Waals surface area contributed by atoms with Crippen molar-refractivity contribution in [2.75, 3.05) is 6.54 Å². The lowest BCUT2D eigenvalue weighted by Crippen LogP contribution is -2.06. The number of nitrogens with one attached hydrogen (secondary N) is 1. The second-order valence-corrected chi connectivity index (χ2v) is 2.29. The topological polar surface area (TPSA) is 12.0 Å². The van der Waals surface area contributed by atoms with Gasteiger partial charge in [-0.05, 0) is 6.42 Å². The molecule has 0 aromatic rings. The van der Waals surface area contributed by atoms with Crippen LogP contribution in [0.3, 0.4) is 0 Å². The molecule has 1 N–H and O–H groups in total. The first kappa shape index (κ1) is 9.36. The van der Waals surface area contributed by atoms with E-state index in [1.807, 2.05) is 0 Å². The largest absolute Gasteiger partial charge is 0.346 e. The molecule has 58 valence electrons. The van der Waals surface area contributed by atoms with Gasteiger partial charge in [0.25, 0.3) is 0 Å². The average Bonchev–Trinajstić information content (AvgIpc) is 1.97. The first-order chi connectivity index (χ1) is 4.91. The molecule has 1 heteroatoms. The Balaban J connectivity index is 2.90. The molecule has 0 aliphatic rings. The van der Waals surface area contributed by atoms with Crippen molar-refractivity contribution < 1.29 is 0 Å². The summed E-state index contributed by atoms with van der Waals surface area (Å²) >= 11 is 0. The Hall–Kier alpha value is -0.640. The molecule has 0 atom stereocenters. The Labute approximate surface area is 64.2 Å². The Morgan fingerprint density at radius 2 is 2.00 bits per heavy atom. The van der Waals surface area contributed by atoms with Gasteiger partial charge in [0.15, 0.2) is 0 Å². The standard InChI is InChI=1S/C9H17N/c1-3-5-7-9-10-8-6-4-2/h10H,3-5,7,9H2,1-2H3. The lowest BCUT2D eigenvalue weighted by atomic mass is 10.2. The highest BCUT2D eigenvalue weighted by atomic mass is 14.8. The minimum atomic E-state index is 0.945. The zero-order valence-corrected chi connectivity index (χ0v) is 7.04. The van der Waals surface area contributed by atoms with Crippen LogP contribution in [0.5, 0.6) is 0 Å². The maximum atomic E-state index is 3.06. The summed E-state index contributed by atoms with van der Waals surface area (Å²) < 4.78 is 0. The molecule has 0 amide bonds. The summed E-state index contributed by atoms with van der Waals surface area (Å²) in [5.41, 5.74) is 0. The van der Waals surface area contributed by atoms with E-state index in [1.165, 1.54) is 19.3 Å². The van der Waals surface area contributed by atoms with Crippen LogP contribution >= 0.6 is 0 Å². The Morgan fingerprint density at radius 3 is 2.60 bits per heavy atom. The Morgan fingerprint density at radius 1 is 1.20 bits per heavy atom. The van der Waals surface area contributed by atoms with Gasteiger partial charge in [-0.25, -0.2) is 0 Å². The van der Waals surface area contributed by atoms with Crippen molar-refractivity contribution in [2.45, 2.75) is 39.5 Å². The van der Waals surface area contributed by atoms with Crippen LogP contribution in [0, 0.1) is 12.0 Å². The third kappa shape index (κ3) is 7.36. The fraction of sp³-hybridized carbons (Fsp3) is 0.778. The number of hydrogen-bond donors (Lipinski definition) is 1. The van der Waals surface area contributed by atoms with Gasteiger partial charge in [0.2, 0.25) is 0 Å². The Kier molecular flexibility index (Phi) is 7.82. The van der Waals surface area contributed by atoms with Crippen LogP contribution in [0.1, 0.15) is 39.5 Å². The summed E-state index contributed by atoms with van der Waals surface area (Å²) in [4.78, 5) is 0. The van der Waals surface area contributed by atoms with E-state index < -0.39 is 0 Å². The lowest BCUT2D eigenvalue weighted by Gasteiger charge is -1.94. The molecule has 0 aromatic carbocycles. The molecule has 0 bridgehead atoms. The average molecular weight is 139 g/mol. The summed E-state index contributed by atoms with van der Waals surface area (Å²) in [6, 6.07) is 2.89. The third-order valence-corrected chi connectivity index (χ3v) is 1.26. The van der Waals surface area contributed by atoms with E-state index in [9.17, 15) is 0 Å². The van der Waals surface area contributed by atoms with Crippen LogP contribution in [-0.4, -0.2) is 6.54 Å². The highest BCUT2D eigenvalue weighted by Crippen LogP contribution is 1.89. The predicted octanol–water partition coefficient (Wildman–Crippen LogP) is 2.14. The van der Waals surface area contributed by atoms with E-state index in [1.54, 1.807) is 0 Å². The summed E-state index contributed by atoms with van der Waals surface area (Å²) in [5, 5.41) is 3.06. The summed E-state index contributed by atoms with van der Waals surface area (Å²) in [7, 11) is 0. The van der Waals surface area contributed by atoms with Gasteiger partial charge in [-0.2, -0.15) is 0 Å². The number of rotatable bonds is 4. The fourth-order valence-electron chi connectivity index (χ4n) is 0.677. The molecule has 0 saturated heterocycles. The zero-order valence-electron chi connectivity index (χ0n) is 7.04. The molecule has 0 aliphatic heterocycles. The molecular formula is C9H17N. The summed E-state index contributed by atoms with van der Waals surface area (Å²) in [6.07, 6.45) is 4.78. The second kappa shape index (κ2) is 8.36. The maximum Gasteiger partial charge on any atom is 0.0229 e. The number of unbranched alkanes of at least 4 members (excludes halogenated alkanes) is 2. The first-order valence-corrected chi connectivity index (χ1v) is 4.12. The monoisotopic (exact) mass is 139 g/mol. The smallest absolute Gasteiger partial charge is 0.0229 e. The van der Waals surface area contributed by atoms with Gasteiger partial charge >= 0.3 is 0 Å². The summed E-state index contributed by atoms with van der Waals surface area (Å²) in [6.45, 7) is 5.30. The van der Waals surface area contributed by atoms with E-state index in [0.29, 0.717) is 0 Å². The molecule has 0 aliphatic carbocycles. The molecule has 0 rings (SSSR count). The van der Waals surface area contributed by atoms with E-state index in [-0.39, 0.29) is 0 Å². The van der Waals surface area contributed by atoms with Gasteiger partial charge in [0.05, 0.1) is 0 Å². The van der Waals surface area contributed by atoms with Crippen molar-refractivity contribution in [3.8, 4) is 12.0 Å². The maximum absolute atomic E-state index is 3.06. The van der Waals surface area contributed by atoms with Crippen molar-refractivity contribution in [2.24, 2.45) is 0 Å².